The third-order valence-corrected chi connectivity index (χ3v) is 2.15. The Labute approximate surface area is 113 Å². The van der Waals surface area contributed by atoms with Gasteiger partial charge >= 0.3 is 6.09 Å². The van der Waals surface area contributed by atoms with Crippen molar-refractivity contribution in [2.24, 2.45) is 0 Å². The van der Waals surface area contributed by atoms with E-state index in [0.717, 1.165) is 5.56 Å². The van der Waals surface area contributed by atoms with Crippen molar-refractivity contribution in [3.05, 3.63) is 23.9 Å². The summed E-state index contributed by atoms with van der Waals surface area (Å²) in [4.78, 5) is 15.5. The number of rotatable bonds is 5. The summed E-state index contributed by atoms with van der Waals surface area (Å²) >= 11 is 0. The van der Waals surface area contributed by atoms with E-state index < -0.39 is 11.7 Å². The number of hydrogen-bond acceptors (Lipinski definition) is 5. The summed E-state index contributed by atoms with van der Waals surface area (Å²) in [7, 11) is 0. The number of aliphatic hydroxyl groups excluding tert-OH is 1. The minimum Gasteiger partial charge on any atom is -0.444 e. The molecular formula is C13H21N3O3. The molecule has 0 radical (unpaired) electrons. The minimum absolute atomic E-state index is 0.0737. The Morgan fingerprint density at radius 3 is 2.79 bits per heavy atom. The molecule has 0 aliphatic rings. The van der Waals surface area contributed by atoms with Crippen LogP contribution in [0.15, 0.2) is 18.3 Å². The molecule has 0 bridgehead atoms. The molecule has 1 heterocycles. The van der Waals surface area contributed by atoms with E-state index >= 15 is 0 Å². The number of amides is 1. The Bertz CT molecular complexity index is 416. The number of anilines is 1. The molecule has 0 unspecified atom stereocenters. The van der Waals surface area contributed by atoms with Crippen LogP contribution in [0, 0.1) is 0 Å². The van der Waals surface area contributed by atoms with Crippen molar-refractivity contribution in [2.75, 3.05) is 18.4 Å². The molecule has 1 aromatic heterocycles. The van der Waals surface area contributed by atoms with Gasteiger partial charge in [0.15, 0.2) is 0 Å². The fraction of sp³-hybridized carbons (Fsp3) is 0.538. The SMILES string of the molecule is CC(C)(C)OC(=O)NCCNc1ncccc1CO. The van der Waals surface area contributed by atoms with E-state index in [4.69, 9.17) is 9.84 Å². The number of ether oxygens (including phenoxy) is 1. The lowest BCUT2D eigenvalue weighted by Gasteiger charge is -2.19. The molecule has 1 aromatic rings. The quantitative estimate of drug-likeness (QED) is 0.704. The molecule has 3 N–H and O–H groups in total. The molecule has 0 fully saturated rings. The molecule has 0 aliphatic heterocycles. The predicted octanol–water partition coefficient (Wildman–Crippen LogP) is 1.51. The smallest absolute Gasteiger partial charge is 0.407 e. The molecule has 0 spiro atoms. The standard InChI is InChI=1S/C13H21N3O3/c1-13(2,3)19-12(18)16-8-7-15-11-10(9-17)5-4-6-14-11/h4-6,17H,7-9H2,1-3H3,(H,14,15)(H,16,18). The van der Waals surface area contributed by atoms with Gasteiger partial charge in [-0.15, -0.1) is 0 Å². The zero-order valence-corrected chi connectivity index (χ0v) is 11.6. The zero-order valence-electron chi connectivity index (χ0n) is 11.6. The molecule has 1 rings (SSSR count). The van der Waals surface area contributed by atoms with Gasteiger partial charge in [0.05, 0.1) is 6.61 Å². The van der Waals surface area contributed by atoms with Crippen molar-refractivity contribution in [3.8, 4) is 0 Å². The zero-order chi connectivity index (χ0) is 14.3. The lowest BCUT2D eigenvalue weighted by molar-refractivity contribution is 0.0530. The molecule has 19 heavy (non-hydrogen) atoms. The Morgan fingerprint density at radius 2 is 2.16 bits per heavy atom. The van der Waals surface area contributed by atoms with E-state index in [0.29, 0.717) is 18.9 Å². The van der Waals surface area contributed by atoms with Crippen LogP contribution in [0.4, 0.5) is 10.6 Å². The van der Waals surface area contributed by atoms with Crippen LogP contribution in [0.1, 0.15) is 26.3 Å². The van der Waals surface area contributed by atoms with E-state index in [9.17, 15) is 4.79 Å². The van der Waals surface area contributed by atoms with Gasteiger partial charge in [-0.2, -0.15) is 0 Å². The maximum absolute atomic E-state index is 11.4. The Hall–Kier alpha value is -1.82. The first-order valence-electron chi connectivity index (χ1n) is 6.18. The highest BCUT2D eigenvalue weighted by Gasteiger charge is 2.15. The summed E-state index contributed by atoms with van der Waals surface area (Å²) in [5.41, 5.74) is 0.225. The number of carbonyl (C=O) groups excluding carboxylic acids is 1. The predicted molar refractivity (Wildman–Crippen MR) is 72.9 cm³/mol. The number of aliphatic hydroxyl groups is 1. The number of hydrogen-bond donors (Lipinski definition) is 3. The molecule has 0 saturated heterocycles. The average Bonchev–Trinajstić information content (AvgIpc) is 2.33. The summed E-state index contributed by atoms with van der Waals surface area (Å²) in [6.07, 6.45) is 1.20. The molecule has 0 atom stereocenters. The van der Waals surface area contributed by atoms with Crippen molar-refractivity contribution >= 4 is 11.9 Å². The fourth-order valence-corrected chi connectivity index (χ4v) is 1.39. The van der Waals surface area contributed by atoms with Crippen LogP contribution >= 0.6 is 0 Å². The highest BCUT2D eigenvalue weighted by Crippen LogP contribution is 2.10. The van der Waals surface area contributed by atoms with Gasteiger partial charge in [-0.25, -0.2) is 9.78 Å². The van der Waals surface area contributed by atoms with Crippen LogP contribution < -0.4 is 10.6 Å². The summed E-state index contributed by atoms with van der Waals surface area (Å²) in [6, 6.07) is 3.55. The van der Waals surface area contributed by atoms with Gasteiger partial charge < -0.3 is 20.5 Å². The Balaban J connectivity index is 2.29. The molecule has 6 heteroatoms. The summed E-state index contributed by atoms with van der Waals surface area (Å²) < 4.78 is 5.10. The number of alkyl carbamates (subject to hydrolysis) is 1. The highest BCUT2D eigenvalue weighted by atomic mass is 16.6. The average molecular weight is 267 g/mol. The number of nitrogens with zero attached hydrogens (tertiary/aromatic N) is 1. The second-order valence-corrected chi connectivity index (χ2v) is 5.02. The van der Waals surface area contributed by atoms with Gasteiger partial charge in [-0.3, -0.25) is 0 Å². The molecule has 1 amide bonds. The number of aromatic nitrogens is 1. The lowest BCUT2D eigenvalue weighted by Crippen LogP contribution is -2.35. The molecule has 106 valence electrons. The fourth-order valence-electron chi connectivity index (χ4n) is 1.39. The van der Waals surface area contributed by atoms with Crippen LogP contribution in [-0.4, -0.2) is 34.9 Å². The van der Waals surface area contributed by atoms with E-state index in [2.05, 4.69) is 15.6 Å². The first-order chi connectivity index (χ1) is 8.92. The first-order valence-corrected chi connectivity index (χ1v) is 6.18. The van der Waals surface area contributed by atoms with Gasteiger partial charge in [0, 0.05) is 24.8 Å². The number of pyridine rings is 1. The molecular weight excluding hydrogens is 246 g/mol. The van der Waals surface area contributed by atoms with E-state index in [1.807, 2.05) is 20.8 Å². The summed E-state index contributed by atoms with van der Waals surface area (Å²) in [5.74, 6) is 0.621. The first kappa shape index (κ1) is 15.2. The third kappa shape index (κ3) is 6.05. The van der Waals surface area contributed by atoms with Crippen molar-refractivity contribution in [2.45, 2.75) is 33.0 Å². The Morgan fingerprint density at radius 1 is 1.42 bits per heavy atom. The number of nitrogens with one attached hydrogen (secondary N) is 2. The van der Waals surface area contributed by atoms with Crippen molar-refractivity contribution in [1.29, 1.82) is 0 Å². The van der Waals surface area contributed by atoms with Crippen LogP contribution in [-0.2, 0) is 11.3 Å². The van der Waals surface area contributed by atoms with Crippen LogP contribution in [0.2, 0.25) is 0 Å². The van der Waals surface area contributed by atoms with Gasteiger partial charge in [0.2, 0.25) is 0 Å². The maximum atomic E-state index is 11.4. The molecule has 0 aliphatic carbocycles. The van der Waals surface area contributed by atoms with Crippen molar-refractivity contribution < 1.29 is 14.6 Å². The van der Waals surface area contributed by atoms with Gasteiger partial charge in [-0.05, 0) is 26.8 Å². The number of carbonyl (C=O) groups is 1. The van der Waals surface area contributed by atoms with Crippen molar-refractivity contribution in [1.82, 2.24) is 10.3 Å². The molecule has 0 saturated carbocycles. The van der Waals surface area contributed by atoms with Gasteiger partial charge in [0.1, 0.15) is 11.4 Å². The molecule has 6 nitrogen and oxygen atoms in total. The largest absolute Gasteiger partial charge is 0.444 e. The minimum atomic E-state index is -0.497. The van der Waals surface area contributed by atoms with Crippen LogP contribution in [0.5, 0.6) is 0 Å². The van der Waals surface area contributed by atoms with E-state index in [1.54, 1.807) is 18.3 Å². The topological polar surface area (TPSA) is 83.5 Å². The highest BCUT2D eigenvalue weighted by molar-refractivity contribution is 5.67. The second kappa shape index (κ2) is 6.94. The van der Waals surface area contributed by atoms with E-state index in [1.165, 1.54) is 0 Å². The second-order valence-electron chi connectivity index (χ2n) is 5.02. The summed E-state index contributed by atoms with van der Waals surface area (Å²) in [6.45, 7) is 6.28. The maximum Gasteiger partial charge on any atom is 0.407 e. The lowest BCUT2D eigenvalue weighted by atomic mass is 10.2. The Kier molecular flexibility index (Phi) is 5.57. The van der Waals surface area contributed by atoms with Crippen LogP contribution in [0.3, 0.4) is 0 Å². The van der Waals surface area contributed by atoms with Crippen molar-refractivity contribution in [3.63, 3.8) is 0 Å². The third-order valence-electron chi connectivity index (χ3n) is 2.15. The van der Waals surface area contributed by atoms with E-state index in [-0.39, 0.29) is 6.61 Å². The van der Waals surface area contributed by atoms with Gasteiger partial charge in [-0.1, -0.05) is 6.07 Å². The summed E-state index contributed by atoms with van der Waals surface area (Å²) in [5, 5.41) is 14.8. The van der Waals surface area contributed by atoms with Gasteiger partial charge in [0.25, 0.3) is 0 Å². The monoisotopic (exact) mass is 267 g/mol. The normalized spacial score (nSPS) is 10.9. The van der Waals surface area contributed by atoms with Crippen LogP contribution in [0.25, 0.3) is 0 Å². The molecule has 0 aromatic carbocycles.